The van der Waals surface area contributed by atoms with Gasteiger partial charge in [-0.1, -0.05) is 6.92 Å². The number of carboxylic acids is 1. The molecule has 0 fully saturated rings. The highest BCUT2D eigenvalue weighted by Crippen LogP contribution is 2.21. The zero-order valence-corrected chi connectivity index (χ0v) is 13.3. The van der Waals surface area contributed by atoms with E-state index in [1.54, 1.807) is 24.4 Å². The third kappa shape index (κ3) is 4.32. The minimum Gasteiger partial charge on any atom is -0.481 e. The van der Waals surface area contributed by atoms with Crippen LogP contribution in [0.5, 0.6) is 0 Å². The molecule has 0 aliphatic heterocycles. The molecule has 8 heteroatoms. The Hall–Kier alpha value is -2.87. The van der Waals surface area contributed by atoms with Crippen molar-refractivity contribution >= 4 is 29.4 Å². The fraction of sp³-hybridized carbons (Fsp3) is 0.312. The van der Waals surface area contributed by atoms with Crippen molar-refractivity contribution in [2.45, 2.75) is 26.2 Å². The zero-order chi connectivity index (χ0) is 17.5. The number of hydrogen-bond donors (Lipinski definition) is 4. The summed E-state index contributed by atoms with van der Waals surface area (Å²) in [6.45, 7) is 2.77. The number of rotatable bonds is 8. The van der Waals surface area contributed by atoms with Gasteiger partial charge in [-0.25, -0.2) is 10.5 Å². The SMILES string of the molecule is CCCNc1c(CCC(=O)O)nc2ccc(/C=C/C(=O)NO)cn12. The number of fused-ring (bicyclic) bond motifs is 1. The molecule has 0 aliphatic rings. The number of carbonyl (C=O) groups is 2. The molecule has 0 saturated carbocycles. The molecule has 0 aliphatic carbocycles. The largest absolute Gasteiger partial charge is 0.481 e. The normalized spacial score (nSPS) is 11.1. The monoisotopic (exact) mass is 332 g/mol. The van der Waals surface area contributed by atoms with E-state index in [1.807, 2.05) is 11.3 Å². The number of nitrogens with one attached hydrogen (secondary N) is 2. The van der Waals surface area contributed by atoms with E-state index in [-0.39, 0.29) is 6.42 Å². The van der Waals surface area contributed by atoms with Gasteiger partial charge in [0.1, 0.15) is 11.5 Å². The van der Waals surface area contributed by atoms with Crippen LogP contribution in [0.1, 0.15) is 31.0 Å². The van der Waals surface area contributed by atoms with Crippen molar-refractivity contribution < 1.29 is 19.9 Å². The Morgan fingerprint density at radius 1 is 1.38 bits per heavy atom. The number of carboxylic acid groups (broad SMARTS) is 1. The van der Waals surface area contributed by atoms with Crippen LogP contribution in [-0.4, -0.2) is 38.1 Å². The van der Waals surface area contributed by atoms with Crippen molar-refractivity contribution in [2.75, 3.05) is 11.9 Å². The Bertz CT molecular complexity index is 767. The Morgan fingerprint density at radius 3 is 2.83 bits per heavy atom. The first-order chi connectivity index (χ1) is 11.5. The van der Waals surface area contributed by atoms with Crippen LogP contribution in [0, 0.1) is 0 Å². The van der Waals surface area contributed by atoms with E-state index < -0.39 is 11.9 Å². The minimum absolute atomic E-state index is 0.00805. The second-order valence-corrected chi connectivity index (χ2v) is 5.23. The summed E-state index contributed by atoms with van der Waals surface area (Å²) in [5, 5.41) is 20.7. The molecule has 0 aromatic carbocycles. The minimum atomic E-state index is -0.868. The number of nitrogens with zero attached hydrogens (tertiary/aromatic N) is 2. The van der Waals surface area contributed by atoms with E-state index in [0.29, 0.717) is 17.8 Å². The molecule has 1 amide bonds. The molecule has 128 valence electrons. The van der Waals surface area contributed by atoms with Gasteiger partial charge in [-0.2, -0.15) is 0 Å². The predicted molar refractivity (Wildman–Crippen MR) is 88.9 cm³/mol. The summed E-state index contributed by atoms with van der Waals surface area (Å²) in [4.78, 5) is 26.4. The molecule has 0 unspecified atom stereocenters. The Kier molecular flexibility index (Phi) is 5.91. The first-order valence-electron chi connectivity index (χ1n) is 7.64. The topological polar surface area (TPSA) is 116 Å². The van der Waals surface area contributed by atoms with Gasteiger partial charge in [-0.05, 0) is 30.2 Å². The number of carbonyl (C=O) groups excluding carboxylic acids is 1. The van der Waals surface area contributed by atoms with Gasteiger partial charge in [0, 0.05) is 25.2 Å². The van der Waals surface area contributed by atoms with Crippen LogP contribution in [-0.2, 0) is 16.0 Å². The summed E-state index contributed by atoms with van der Waals surface area (Å²) in [5.74, 6) is -0.727. The van der Waals surface area contributed by atoms with Gasteiger partial charge in [-0.3, -0.25) is 19.2 Å². The van der Waals surface area contributed by atoms with Crippen LogP contribution in [0.25, 0.3) is 11.7 Å². The third-order valence-corrected chi connectivity index (χ3v) is 3.37. The second-order valence-electron chi connectivity index (χ2n) is 5.23. The highest BCUT2D eigenvalue weighted by Gasteiger charge is 2.13. The Balaban J connectivity index is 2.38. The molecule has 0 spiro atoms. The smallest absolute Gasteiger partial charge is 0.303 e. The molecule has 8 nitrogen and oxygen atoms in total. The van der Waals surface area contributed by atoms with Crippen molar-refractivity contribution in [1.29, 1.82) is 0 Å². The van der Waals surface area contributed by atoms with Gasteiger partial charge < -0.3 is 10.4 Å². The van der Waals surface area contributed by atoms with Crippen molar-refractivity contribution in [1.82, 2.24) is 14.9 Å². The second kappa shape index (κ2) is 8.11. The average molecular weight is 332 g/mol. The standard InChI is InChI=1S/C16H20N4O4/c1-2-9-17-16-12(5-8-15(22)23)18-13-6-3-11(10-20(13)16)4-7-14(21)19-24/h3-4,6-7,10,17,24H,2,5,8-9H2,1H3,(H,19,21)(H,22,23)/b7-4+. The van der Waals surface area contributed by atoms with E-state index in [4.69, 9.17) is 10.3 Å². The molecule has 2 heterocycles. The number of amides is 1. The van der Waals surface area contributed by atoms with Gasteiger partial charge in [-0.15, -0.1) is 0 Å². The van der Waals surface area contributed by atoms with Crippen LogP contribution < -0.4 is 10.8 Å². The van der Waals surface area contributed by atoms with E-state index in [2.05, 4.69) is 10.3 Å². The molecular formula is C16H20N4O4. The van der Waals surface area contributed by atoms with Crippen LogP contribution in [0.3, 0.4) is 0 Å². The predicted octanol–water partition coefficient (Wildman–Crippen LogP) is 1.69. The summed E-state index contributed by atoms with van der Waals surface area (Å²) in [6.07, 6.45) is 5.83. The van der Waals surface area contributed by atoms with Crippen LogP contribution >= 0.6 is 0 Å². The van der Waals surface area contributed by atoms with Gasteiger partial charge in [0.05, 0.1) is 12.1 Å². The Labute approximate surface area is 138 Å². The van der Waals surface area contributed by atoms with Crippen LogP contribution in [0.15, 0.2) is 24.4 Å². The lowest BCUT2D eigenvalue weighted by atomic mass is 10.2. The molecular weight excluding hydrogens is 312 g/mol. The maximum absolute atomic E-state index is 11.1. The first kappa shape index (κ1) is 17.5. The Morgan fingerprint density at radius 2 is 2.17 bits per heavy atom. The first-order valence-corrected chi connectivity index (χ1v) is 7.64. The number of aryl methyl sites for hydroxylation is 1. The molecule has 2 rings (SSSR count). The zero-order valence-electron chi connectivity index (χ0n) is 13.3. The number of pyridine rings is 1. The molecule has 0 saturated heterocycles. The number of imidazole rings is 1. The van der Waals surface area contributed by atoms with Crippen molar-refractivity contribution in [3.8, 4) is 0 Å². The summed E-state index contributed by atoms with van der Waals surface area (Å²) >= 11 is 0. The van der Waals surface area contributed by atoms with Crippen molar-refractivity contribution in [2.24, 2.45) is 0 Å². The summed E-state index contributed by atoms with van der Waals surface area (Å²) in [7, 11) is 0. The number of aliphatic carboxylic acids is 1. The van der Waals surface area contributed by atoms with Crippen LogP contribution in [0.2, 0.25) is 0 Å². The highest BCUT2D eigenvalue weighted by molar-refractivity contribution is 5.90. The average Bonchev–Trinajstić information content (AvgIpc) is 2.92. The van der Waals surface area contributed by atoms with E-state index in [0.717, 1.165) is 24.3 Å². The van der Waals surface area contributed by atoms with Gasteiger partial charge in [0.15, 0.2) is 0 Å². The van der Waals surface area contributed by atoms with Gasteiger partial charge in [0.25, 0.3) is 5.91 Å². The van der Waals surface area contributed by atoms with E-state index in [1.165, 1.54) is 11.6 Å². The molecule has 2 aromatic rings. The number of hydrogen-bond acceptors (Lipinski definition) is 5. The van der Waals surface area contributed by atoms with Crippen molar-refractivity contribution in [3.63, 3.8) is 0 Å². The van der Waals surface area contributed by atoms with E-state index >= 15 is 0 Å². The molecule has 0 radical (unpaired) electrons. The lowest BCUT2D eigenvalue weighted by Gasteiger charge is -2.07. The maximum atomic E-state index is 11.1. The molecule has 2 aromatic heterocycles. The number of anilines is 1. The lowest BCUT2D eigenvalue weighted by molar-refractivity contribution is -0.137. The van der Waals surface area contributed by atoms with Gasteiger partial charge in [0.2, 0.25) is 0 Å². The fourth-order valence-corrected chi connectivity index (χ4v) is 2.25. The maximum Gasteiger partial charge on any atom is 0.303 e. The number of aromatic nitrogens is 2. The van der Waals surface area contributed by atoms with Gasteiger partial charge >= 0.3 is 5.97 Å². The molecule has 0 bridgehead atoms. The van der Waals surface area contributed by atoms with Crippen molar-refractivity contribution in [3.05, 3.63) is 35.7 Å². The quantitative estimate of drug-likeness (QED) is 0.332. The lowest BCUT2D eigenvalue weighted by Crippen LogP contribution is -2.14. The van der Waals surface area contributed by atoms with Crippen LogP contribution in [0.4, 0.5) is 5.82 Å². The molecule has 0 atom stereocenters. The summed E-state index contributed by atoms with van der Waals surface area (Å²) in [5.41, 5.74) is 3.66. The summed E-state index contributed by atoms with van der Waals surface area (Å²) in [6, 6.07) is 3.58. The van der Waals surface area contributed by atoms with E-state index in [9.17, 15) is 9.59 Å². The summed E-state index contributed by atoms with van der Waals surface area (Å²) < 4.78 is 1.84. The molecule has 24 heavy (non-hydrogen) atoms. The third-order valence-electron chi connectivity index (χ3n) is 3.37. The fourth-order valence-electron chi connectivity index (χ4n) is 2.25. The highest BCUT2D eigenvalue weighted by atomic mass is 16.5. The molecule has 4 N–H and O–H groups in total. The number of hydroxylamine groups is 1.